The molecule has 0 fully saturated rings. The minimum atomic E-state index is -4.02. The van der Waals surface area contributed by atoms with E-state index in [0.717, 1.165) is 0 Å². The van der Waals surface area contributed by atoms with Gasteiger partial charge in [-0.1, -0.05) is 0 Å². The third kappa shape index (κ3) is 1.57. The van der Waals surface area contributed by atoms with Crippen molar-refractivity contribution in [2.45, 2.75) is 55.7 Å². The van der Waals surface area contributed by atoms with E-state index in [1.165, 1.54) is 0 Å². The van der Waals surface area contributed by atoms with Crippen molar-refractivity contribution in [3.8, 4) is 0 Å². The molecular formula is C9H23AsO2. The van der Waals surface area contributed by atoms with E-state index in [1.807, 2.05) is 41.5 Å². The van der Waals surface area contributed by atoms with E-state index in [0.29, 0.717) is 0 Å². The fourth-order valence-electron chi connectivity index (χ4n) is 1.79. The molecule has 0 spiro atoms. The first-order chi connectivity index (χ1) is 5.13. The average Bonchev–Trinajstić information content (AvgIpc) is 1.86. The Labute approximate surface area is 77.3 Å². The van der Waals surface area contributed by atoms with Crippen molar-refractivity contribution in [3.63, 3.8) is 0 Å². The standard InChI is InChI=1S/C9H23AsO2/c1-7(2)10(11,12,8(3)4)9(5)6/h7-9,11-12H,1-6H3. The van der Waals surface area contributed by atoms with Gasteiger partial charge in [0.05, 0.1) is 0 Å². The summed E-state index contributed by atoms with van der Waals surface area (Å²) in [7, 11) is 0. The van der Waals surface area contributed by atoms with E-state index in [9.17, 15) is 8.19 Å². The first kappa shape index (κ1) is 12.5. The third-order valence-electron chi connectivity index (χ3n) is 3.17. The van der Waals surface area contributed by atoms with Crippen LogP contribution >= 0.6 is 0 Å². The van der Waals surface area contributed by atoms with Crippen molar-refractivity contribution in [3.05, 3.63) is 0 Å². The van der Waals surface area contributed by atoms with E-state index in [2.05, 4.69) is 0 Å². The summed E-state index contributed by atoms with van der Waals surface area (Å²) in [6.45, 7) is 11.5. The molecule has 0 aliphatic carbocycles. The molecule has 2 nitrogen and oxygen atoms in total. The first-order valence-corrected chi connectivity index (χ1v) is 9.57. The molecule has 0 heterocycles. The molecule has 0 aromatic rings. The predicted molar refractivity (Wildman–Crippen MR) is 55.5 cm³/mol. The Morgan fingerprint density at radius 3 is 0.833 bits per heavy atom. The molecule has 0 saturated heterocycles. The van der Waals surface area contributed by atoms with Crippen LogP contribution in [0.3, 0.4) is 0 Å². The van der Waals surface area contributed by atoms with E-state index >= 15 is 0 Å². The van der Waals surface area contributed by atoms with Gasteiger partial charge in [-0.2, -0.15) is 0 Å². The van der Waals surface area contributed by atoms with Crippen LogP contribution in [0.15, 0.2) is 0 Å². The van der Waals surface area contributed by atoms with Crippen molar-refractivity contribution in [1.29, 1.82) is 0 Å². The van der Waals surface area contributed by atoms with Gasteiger partial charge in [-0.05, 0) is 0 Å². The molecule has 0 aliphatic heterocycles. The second-order valence-corrected chi connectivity index (χ2v) is 16.2. The van der Waals surface area contributed by atoms with Crippen LogP contribution < -0.4 is 0 Å². The van der Waals surface area contributed by atoms with E-state index in [-0.39, 0.29) is 14.1 Å². The molecule has 3 heteroatoms. The summed E-state index contributed by atoms with van der Waals surface area (Å²) < 4.78 is 20.9. The van der Waals surface area contributed by atoms with Crippen LogP contribution in [0.4, 0.5) is 0 Å². The molecule has 0 rings (SSSR count). The van der Waals surface area contributed by atoms with E-state index < -0.39 is 13.1 Å². The zero-order chi connectivity index (χ0) is 10.2. The molecule has 0 amide bonds. The number of rotatable bonds is 3. The van der Waals surface area contributed by atoms with Gasteiger partial charge >= 0.3 is 77.0 Å². The summed E-state index contributed by atoms with van der Waals surface area (Å²) in [5, 5.41) is 0. The Kier molecular flexibility index (Phi) is 3.45. The average molecular weight is 238 g/mol. The van der Waals surface area contributed by atoms with Gasteiger partial charge in [0.25, 0.3) is 0 Å². The summed E-state index contributed by atoms with van der Waals surface area (Å²) in [5.41, 5.74) is 0. The molecule has 0 unspecified atom stereocenters. The van der Waals surface area contributed by atoms with Crippen LogP contribution in [0, 0.1) is 0 Å². The van der Waals surface area contributed by atoms with Gasteiger partial charge in [0.15, 0.2) is 0 Å². The Bertz CT molecular complexity index is 133. The summed E-state index contributed by atoms with van der Waals surface area (Å²) in [6, 6.07) is 0. The van der Waals surface area contributed by atoms with Crippen LogP contribution in [0.5, 0.6) is 0 Å². The molecule has 0 radical (unpaired) electrons. The number of hydrogen-bond donors (Lipinski definition) is 2. The first-order valence-electron chi connectivity index (χ1n) is 4.64. The molecule has 0 saturated carbocycles. The molecular weight excluding hydrogens is 215 g/mol. The van der Waals surface area contributed by atoms with Crippen LogP contribution in [-0.4, -0.2) is 21.3 Å². The molecule has 0 aliphatic rings. The summed E-state index contributed by atoms with van der Waals surface area (Å²) in [4.78, 5) is 0. The topological polar surface area (TPSA) is 40.5 Å². The van der Waals surface area contributed by atoms with Crippen LogP contribution in [0.25, 0.3) is 0 Å². The summed E-state index contributed by atoms with van der Waals surface area (Å²) in [6.07, 6.45) is 0. The van der Waals surface area contributed by atoms with Crippen molar-refractivity contribution >= 4 is 13.1 Å². The molecule has 0 aromatic heterocycles. The second kappa shape index (κ2) is 3.32. The quantitative estimate of drug-likeness (QED) is 0.742. The molecule has 76 valence electrons. The zero-order valence-corrected chi connectivity index (χ0v) is 11.0. The second-order valence-electron chi connectivity index (χ2n) is 4.51. The van der Waals surface area contributed by atoms with Gasteiger partial charge in [-0.15, -0.1) is 0 Å². The van der Waals surface area contributed by atoms with Gasteiger partial charge in [0.1, 0.15) is 0 Å². The Balaban J connectivity index is 5.09. The molecule has 0 aromatic carbocycles. The van der Waals surface area contributed by atoms with Crippen LogP contribution in [0.2, 0.25) is 14.1 Å². The van der Waals surface area contributed by atoms with Gasteiger partial charge in [0, 0.05) is 0 Å². The third-order valence-corrected chi connectivity index (χ3v) is 16.5. The molecule has 0 bridgehead atoms. The van der Waals surface area contributed by atoms with Gasteiger partial charge < -0.3 is 0 Å². The zero-order valence-electron chi connectivity index (χ0n) is 9.07. The van der Waals surface area contributed by atoms with Gasteiger partial charge in [0.2, 0.25) is 0 Å². The minimum absolute atomic E-state index is 0.0171. The van der Waals surface area contributed by atoms with Crippen molar-refractivity contribution in [2.24, 2.45) is 0 Å². The normalized spacial score (nSPS) is 17.1. The van der Waals surface area contributed by atoms with Gasteiger partial charge in [-0.25, -0.2) is 0 Å². The molecule has 12 heavy (non-hydrogen) atoms. The molecule has 0 atom stereocenters. The van der Waals surface area contributed by atoms with Gasteiger partial charge in [-0.3, -0.25) is 0 Å². The summed E-state index contributed by atoms with van der Waals surface area (Å²) >= 11 is -4.02. The fraction of sp³-hybridized carbons (Fsp3) is 1.00. The predicted octanol–water partition coefficient (Wildman–Crippen LogP) is 2.60. The fourth-order valence-corrected chi connectivity index (χ4v) is 9.30. The van der Waals surface area contributed by atoms with Crippen molar-refractivity contribution in [1.82, 2.24) is 0 Å². The summed E-state index contributed by atoms with van der Waals surface area (Å²) in [5.74, 6) is 0. The Morgan fingerprint density at radius 1 is 0.667 bits per heavy atom. The van der Waals surface area contributed by atoms with E-state index in [1.54, 1.807) is 0 Å². The maximum atomic E-state index is 10.4. The van der Waals surface area contributed by atoms with Crippen LogP contribution in [-0.2, 0) is 0 Å². The van der Waals surface area contributed by atoms with E-state index in [4.69, 9.17) is 0 Å². The van der Waals surface area contributed by atoms with Crippen LogP contribution in [0.1, 0.15) is 41.5 Å². The van der Waals surface area contributed by atoms with Crippen molar-refractivity contribution in [2.75, 3.05) is 0 Å². The Hall–Kier alpha value is 0.478. The van der Waals surface area contributed by atoms with Crippen molar-refractivity contribution < 1.29 is 8.19 Å². The number of hydrogen-bond acceptors (Lipinski definition) is 2. The SMILES string of the molecule is CC(C)[As](O)(O)(C(C)C)C(C)C. The Morgan fingerprint density at radius 2 is 0.833 bits per heavy atom. The maximum absolute atomic E-state index is 10.4. The monoisotopic (exact) mass is 238 g/mol. The molecule has 2 N–H and O–H groups in total.